The largest absolute Gasteiger partial charge is 0.240 e. The zero-order valence-corrected chi connectivity index (χ0v) is 10.3. The summed E-state index contributed by atoms with van der Waals surface area (Å²) in [5, 5.41) is 17.5. The molecule has 1 N–H and O–H groups in total. The van der Waals surface area contributed by atoms with E-state index >= 15 is 0 Å². The number of nitrogens with one attached hydrogen (secondary N) is 1. The highest BCUT2D eigenvalue weighted by Crippen LogP contribution is 2.23. The number of rotatable bonds is 4. The van der Waals surface area contributed by atoms with Gasteiger partial charge in [0.15, 0.2) is 5.92 Å². The quantitative estimate of drug-likeness (QED) is 0.882. The summed E-state index contributed by atoms with van der Waals surface area (Å²) < 4.78 is 26.3. The molecule has 0 unspecified atom stereocenters. The number of hydrogen-bond donors (Lipinski definition) is 1. The smallest absolute Gasteiger partial charge is 0.208 e. The maximum Gasteiger partial charge on any atom is 0.240 e. The topological polar surface area (TPSA) is 93.8 Å². The number of hydrogen-bond acceptors (Lipinski definition) is 4. The third-order valence-corrected chi connectivity index (χ3v) is 4.22. The first kappa shape index (κ1) is 12.6. The summed E-state index contributed by atoms with van der Waals surface area (Å²) in [7, 11) is -3.47. The molecule has 1 saturated carbocycles. The fourth-order valence-electron chi connectivity index (χ4n) is 1.51. The molecular formula is C12H11N3O2S. The lowest BCUT2D eigenvalue weighted by atomic mass is 10.0. The van der Waals surface area contributed by atoms with Gasteiger partial charge in [-0.1, -0.05) is 12.1 Å². The minimum Gasteiger partial charge on any atom is -0.208 e. The lowest BCUT2D eigenvalue weighted by molar-refractivity contribution is 0.581. The van der Waals surface area contributed by atoms with Crippen LogP contribution >= 0.6 is 0 Å². The second-order valence-electron chi connectivity index (χ2n) is 4.16. The van der Waals surface area contributed by atoms with Crippen molar-refractivity contribution in [3.8, 4) is 12.1 Å². The van der Waals surface area contributed by atoms with Crippen LogP contribution < -0.4 is 4.72 Å². The van der Waals surface area contributed by atoms with Crippen molar-refractivity contribution < 1.29 is 8.42 Å². The standard InChI is InChI=1S/C12H11N3O2S/c13-7-10(8-14)9-1-5-12(6-2-9)18(16,17)15-11-3-4-11/h1-2,5-6,10-11,15H,3-4H2. The Morgan fingerprint density at radius 2 is 1.72 bits per heavy atom. The van der Waals surface area contributed by atoms with Gasteiger partial charge in [0.05, 0.1) is 17.0 Å². The van der Waals surface area contributed by atoms with Crippen molar-refractivity contribution in [2.24, 2.45) is 0 Å². The van der Waals surface area contributed by atoms with Crippen LogP contribution in [0.25, 0.3) is 0 Å². The third-order valence-electron chi connectivity index (χ3n) is 2.68. The first-order valence-corrected chi connectivity index (χ1v) is 6.96. The highest BCUT2D eigenvalue weighted by atomic mass is 32.2. The second kappa shape index (κ2) is 4.77. The van der Waals surface area contributed by atoms with Gasteiger partial charge in [-0.25, -0.2) is 13.1 Å². The molecule has 0 aliphatic heterocycles. The summed E-state index contributed by atoms with van der Waals surface area (Å²) >= 11 is 0. The van der Waals surface area contributed by atoms with Gasteiger partial charge in [-0.3, -0.25) is 0 Å². The van der Waals surface area contributed by atoms with E-state index in [-0.39, 0.29) is 10.9 Å². The molecule has 0 atom stereocenters. The van der Waals surface area contributed by atoms with Crippen LogP contribution in [-0.2, 0) is 10.0 Å². The Labute approximate surface area is 106 Å². The summed E-state index contributed by atoms with van der Waals surface area (Å²) in [5.74, 6) is -0.863. The van der Waals surface area contributed by atoms with Crippen molar-refractivity contribution in [1.29, 1.82) is 10.5 Å². The van der Waals surface area contributed by atoms with E-state index in [4.69, 9.17) is 10.5 Å². The summed E-state index contributed by atoms with van der Waals surface area (Å²) in [6, 6.07) is 9.57. The van der Waals surface area contributed by atoms with Crippen LogP contribution in [0.2, 0.25) is 0 Å². The maximum absolute atomic E-state index is 11.9. The lowest BCUT2D eigenvalue weighted by Gasteiger charge is -2.06. The Morgan fingerprint density at radius 3 is 2.17 bits per heavy atom. The first-order valence-electron chi connectivity index (χ1n) is 5.48. The summed E-state index contributed by atoms with van der Waals surface area (Å²) in [5.41, 5.74) is 0.505. The Kier molecular flexibility index (Phi) is 3.33. The van der Waals surface area contributed by atoms with E-state index in [9.17, 15) is 8.42 Å². The number of benzene rings is 1. The predicted octanol–water partition coefficient (Wildman–Crippen LogP) is 1.26. The fraction of sp³-hybridized carbons (Fsp3) is 0.333. The zero-order chi connectivity index (χ0) is 13.2. The molecule has 0 amide bonds. The van der Waals surface area contributed by atoms with Gasteiger partial charge in [-0.15, -0.1) is 0 Å². The van der Waals surface area contributed by atoms with E-state index in [1.54, 1.807) is 0 Å². The molecule has 1 aromatic carbocycles. The average Bonchev–Trinajstić information content (AvgIpc) is 3.14. The van der Waals surface area contributed by atoms with Gasteiger partial charge in [0.25, 0.3) is 0 Å². The minimum atomic E-state index is -3.47. The molecule has 6 heteroatoms. The Bertz CT molecular complexity index is 605. The molecule has 1 aliphatic rings. The lowest BCUT2D eigenvalue weighted by Crippen LogP contribution is -2.25. The van der Waals surface area contributed by atoms with Gasteiger partial charge in [0.1, 0.15) is 0 Å². The van der Waals surface area contributed by atoms with E-state index < -0.39 is 15.9 Å². The molecule has 1 fully saturated rings. The van der Waals surface area contributed by atoms with Gasteiger partial charge in [0, 0.05) is 6.04 Å². The molecule has 2 rings (SSSR count). The van der Waals surface area contributed by atoms with Gasteiger partial charge in [-0.05, 0) is 30.5 Å². The molecule has 0 radical (unpaired) electrons. The van der Waals surface area contributed by atoms with Gasteiger partial charge in [-0.2, -0.15) is 10.5 Å². The summed E-state index contributed by atoms with van der Waals surface area (Å²) in [4.78, 5) is 0.160. The molecule has 0 heterocycles. The molecule has 0 aromatic heterocycles. The maximum atomic E-state index is 11.9. The Morgan fingerprint density at radius 1 is 1.17 bits per heavy atom. The first-order chi connectivity index (χ1) is 8.56. The zero-order valence-electron chi connectivity index (χ0n) is 9.50. The minimum absolute atomic E-state index is 0.0561. The van der Waals surface area contributed by atoms with Crippen molar-refractivity contribution in [2.75, 3.05) is 0 Å². The SMILES string of the molecule is N#CC(C#N)c1ccc(S(=O)(=O)NC2CC2)cc1. The van der Waals surface area contributed by atoms with Crippen LogP contribution in [0.3, 0.4) is 0 Å². The van der Waals surface area contributed by atoms with Crippen LogP contribution in [-0.4, -0.2) is 14.5 Å². The van der Waals surface area contributed by atoms with E-state index in [1.165, 1.54) is 24.3 Å². The molecule has 5 nitrogen and oxygen atoms in total. The molecular weight excluding hydrogens is 250 g/mol. The molecule has 92 valence electrons. The van der Waals surface area contributed by atoms with Gasteiger partial charge in [0.2, 0.25) is 10.0 Å². The van der Waals surface area contributed by atoms with Crippen molar-refractivity contribution in [3.63, 3.8) is 0 Å². The number of nitrogens with zero attached hydrogens (tertiary/aromatic N) is 2. The van der Waals surface area contributed by atoms with E-state index in [0.29, 0.717) is 5.56 Å². The second-order valence-corrected chi connectivity index (χ2v) is 5.87. The monoisotopic (exact) mass is 261 g/mol. The van der Waals surface area contributed by atoms with Crippen LogP contribution in [0.15, 0.2) is 29.2 Å². The fourth-order valence-corrected chi connectivity index (χ4v) is 2.81. The molecule has 18 heavy (non-hydrogen) atoms. The van der Waals surface area contributed by atoms with Crippen molar-refractivity contribution in [1.82, 2.24) is 4.72 Å². The summed E-state index contributed by atoms with van der Waals surface area (Å²) in [6.07, 6.45) is 1.75. The summed E-state index contributed by atoms with van der Waals surface area (Å²) in [6.45, 7) is 0. The van der Waals surface area contributed by atoms with E-state index in [0.717, 1.165) is 12.8 Å². The van der Waals surface area contributed by atoms with E-state index in [2.05, 4.69) is 4.72 Å². The van der Waals surface area contributed by atoms with Crippen LogP contribution in [0.1, 0.15) is 24.3 Å². The average molecular weight is 261 g/mol. The highest BCUT2D eigenvalue weighted by Gasteiger charge is 2.27. The highest BCUT2D eigenvalue weighted by molar-refractivity contribution is 7.89. The molecule has 1 aliphatic carbocycles. The third kappa shape index (κ3) is 2.67. The molecule has 1 aromatic rings. The number of nitriles is 2. The van der Waals surface area contributed by atoms with Gasteiger partial charge < -0.3 is 0 Å². The molecule has 0 saturated heterocycles. The normalized spacial score (nSPS) is 15.1. The van der Waals surface area contributed by atoms with Crippen LogP contribution in [0.4, 0.5) is 0 Å². The Balaban J connectivity index is 2.22. The van der Waals surface area contributed by atoms with Crippen molar-refractivity contribution >= 4 is 10.0 Å². The molecule has 0 spiro atoms. The van der Waals surface area contributed by atoms with Gasteiger partial charge >= 0.3 is 0 Å². The van der Waals surface area contributed by atoms with Crippen LogP contribution in [0.5, 0.6) is 0 Å². The van der Waals surface area contributed by atoms with E-state index in [1.807, 2.05) is 12.1 Å². The van der Waals surface area contributed by atoms with Crippen LogP contribution in [0, 0.1) is 22.7 Å². The predicted molar refractivity (Wildman–Crippen MR) is 63.8 cm³/mol. The van der Waals surface area contributed by atoms with Crippen molar-refractivity contribution in [2.45, 2.75) is 29.7 Å². The van der Waals surface area contributed by atoms with Crippen molar-refractivity contribution in [3.05, 3.63) is 29.8 Å². The molecule has 0 bridgehead atoms. The number of sulfonamides is 1. The Hall–Kier alpha value is -1.89.